The Bertz CT molecular complexity index is 210. The standard InChI is InChI=1S/C9H11F3/c1-7(9(10,11)12)8-5-3-2-4-6-8/h2-3,5,7H,4,6H2,1H3. The summed E-state index contributed by atoms with van der Waals surface area (Å²) < 4.78 is 36.5. The van der Waals surface area contributed by atoms with Crippen LogP contribution in [0.2, 0.25) is 0 Å². The van der Waals surface area contributed by atoms with Crippen LogP contribution in [0.1, 0.15) is 19.8 Å². The van der Waals surface area contributed by atoms with E-state index in [1.54, 1.807) is 12.2 Å². The second kappa shape index (κ2) is 3.33. The number of halogens is 3. The predicted molar refractivity (Wildman–Crippen MR) is 41.7 cm³/mol. The fourth-order valence-corrected chi connectivity index (χ4v) is 1.19. The number of hydrogen-bond acceptors (Lipinski definition) is 0. The molecule has 0 spiro atoms. The van der Waals surface area contributed by atoms with Crippen molar-refractivity contribution in [3.05, 3.63) is 23.8 Å². The highest BCUT2D eigenvalue weighted by atomic mass is 19.4. The monoisotopic (exact) mass is 176 g/mol. The Labute approximate surface area is 69.8 Å². The van der Waals surface area contributed by atoms with E-state index in [-0.39, 0.29) is 0 Å². The summed E-state index contributed by atoms with van der Waals surface area (Å²) in [5.41, 5.74) is 0.491. The van der Waals surface area contributed by atoms with E-state index in [0.29, 0.717) is 12.0 Å². The van der Waals surface area contributed by atoms with Crippen LogP contribution < -0.4 is 0 Å². The molecule has 0 saturated carbocycles. The Morgan fingerprint density at radius 2 is 2.08 bits per heavy atom. The minimum absolute atomic E-state index is 0.491. The van der Waals surface area contributed by atoms with Crippen LogP contribution in [0.15, 0.2) is 23.8 Å². The molecule has 0 nitrogen and oxygen atoms in total. The molecule has 0 fully saturated rings. The number of rotatable bonds is 1. The van der Waals surface area contributed by atoms with Crippen molar-refractivity contribution in [3.63, 3.8) is 0 Å². The van der Waals surface area contributed by atoms with Crippen LogP contribution in [0, 0.1) is 5.92 Å². The van der Waals surface area contributed by atoms with Gasteiger partial charge in [0.1, 0.15) is 0 Å². The molecule has 1 aliphatic carbocycles. The lowest BCUT2D eigenvalue weighted by molar-refractivity contribution is -0.159. The maximum absolute atomic E-state index is 12.2. The smallest absolute Gasteiger partial charge is 0.170 e. The molecule has 0 N–H and O–H groups in total. The fraction of sp³-hybridized carbons (Fsp3) is 0.556. The Kier molecular flexibility index (Phi) is 2.60. The van der Waals surface area contributed by atoms with Crippen LogP contribution in [0.5, 0.6) is 0 Å². The molecule has 0 heterocycles. The SMILES string of the molecule is CC(C1=CC=CCC1)C(F)(F)F. The second-order valence-electron chi connectivity index (χ2n) is 2.97. The Morgan fingerprint density at radius 1 is 1.42 bits per heavy atom. The largest absolute Gasteiger partial charge is 0.395 e. The molecule has 0 aromatic carbocycles. The molecule has 0 amide bonds. The van der Waals surface area contributed by atoms with Gasteiger partial charge in [0.05, 0.1) is 5.92 Å². The van der Waals surface area contributed by atoms with Crippen molar-refractivity contribution in [3.8, 4) is 0 Å². The fourth-order valence-electron chi connectivity index (χ4n) is 1.19. The van der Waals surface area contributed by atoms with Crippen LogP contribution in [0.4, 0.5) is 13.2 Å². The van der Waals surface area contributed by atoms with Crippen molar-refractivity contribution >= 4 is 0 Å². The van der Waals surface area contributed by atoms with Gasteiger partial charge in [0, 0.05) is 0 Å². The minimum atomic E-state index is -4.09. The second-order valence-corrected chi connectivity index (χ2v) is 2.97. The van der Waals surface area contributed by atoms with E-state index >= 15 is 0 Å². The van der Waals surface area contributed by atoms with Crippen LogP contribution in [0.3, 0.4) is 0 Å². The third kappa shape index (κ3) is 2.13. The highest BCUT2D eigenvalue weighted by Crippen LogP contribution is 2.34. The van der Waals surface area contributed by atoms with Gasteiger partial charge in [-0.2, -0.15) is 13.2 Å². The van der Waals surface area contributed by atoms with E-state index in [1.165, 1.54) is 6.92 Å². The average Bonchev–Trinajstić information content (AvgIpc) is 2.03. The molecular formula is C9H11F3. The molecule has 1 atom stereocenters. The molecule has 0 bridgehead atoms. The van der Waals surface area contributed by atoms with Crippen molar-refractivity contribution in [1.82, 2.24) is 0 Å². The molecule has 0 radical (unpaired) electrons. The van der Waals surface area contributed by atoms with E-state index in [0.717, 1.165) is 6.42 Å². The van der Waals surface area contributed by atoms with E-state index in [1.807, 2.05) is 6.08 Å². The quantitative estimate of drug-likeness (QED) is 0.574. The summed E-state index contributed by atoms with van der Waals surface area (Å²) in [6.45, 7) is 1.21. The average molecular weight is 176 g/mol. The first-order chi connectivity index (χ1) is 5.52. The highest BCUT2D eigenvalue weighted by Gasteiger charge is 2.37. The summed E-state index contributed by atoms with van der Waals surface area (Å²) in [5.74, 6) is -1.29. The molecule has 0 aliphatic heterocycles. The highest BCUT2D eigenvalue weighted by molar-refractivity contribution is 5.20. The summed E-state index contributed by atoms with van der Waals surface area (Å²) in [6, 6.07) is 0. The first kappa shape index (κ1) is 9.36. The van der Waals surface area contributed by atoms with Gasteiger partial charge in [0.2, 0.25) is 0 Å². The topological polar surface area (TPSA) is 0 Å². The zero-order valence-corrected chi connectivity index (χ0v) is 6.86. The van der Waals surface area contributed by atoms with E-state index in [9.17, 15) is 13.2 Å². The summed E-state index contributed by atoms with van der Waals surface area (Å²) in [6.07, 6.45) is 2.33. The van der Waals surface area contributed by atoms with Crippen molar-refractivity contribution in [1.29, 1.82) is 0 Å². The third-order valence-corrected chi connectivity index (χ3v) is 2.09. The molecule has 68 valence electrons. The first-order valence-electron chi connectivity index (χ1n) is 3.94. The summed E-state index contributed by atoms with van der Waals surface area (Å²) in [5, 5.41) is 0. The van der Waals surface area contributed by atoms with Crippen molar-refractivity contribution < 1.29 is 13.2 Å². The van der Waals surface area contributed by atoms with Gasteiger partial charge in [-0.05, 0) is 19.8 Å². The van der Waals surface area contributed by atoms with Crippen molar-refractivity contribution in [2.24, 2.45) is 5.92 Å². The predicted octanol–water partition coefficient (Wildman–Crippen LogP) is 3.46. The minimum Gasteiger partial charge on any atom is -0.170 e. The van der Waals surface area contributed by atoms with Crippen molar-refractivity contribution in [2.45, 2.75) is 25.9 Å². The van der Waals surface area contributed by atoms with E-state index < -0.39 is 12.1 Å². The molecule has 0 aromatic rings. The lowest BCUT2D eigenvalue weighted by Gasteiger charge is -2.19. The van der Waals surface area contributed by atoms with Crippen molar-refractivity contribution in [2.75, 3.05) is 0 Å². The Morgan fingerprint density at radius 3 is 2.50 bits per heavy atom. The summed E-state index contributed by atoms with van der Waals surface area (Å²) in [4.78, 5) is 0. The van der Waals surface area contributed by atoms with Gasteiger partial charge in [-0.25, -0.2) is 0 Å². The lowest BCUT2D eigenvalue weighted by Crippen LogP contribution is -2.22. The van der Waals surface area contributed by atoms with Gasteiger partial charge in [-0.1, -0.05) is 23.8 Å². The molecule has 0 saturated heterocycles. The molecule has 0 aromatic heterocycles. The van der Waals surface area contributed by atoms with Crippen LogP contribution in [-0.2, 0) is 0 Å². The molecule has 1 aliphatic rings. The molecule has 1 rings (SSSR count). The van der Waals surface area contributed by atoms with E-state index in [4.69, 9.17) is 0 Å². The van der Waals surface area contributed by atoms with Gasteiger partial charge >= 0.3 is 6.18 Å². The molecule has 1 unspecified atom stereocenters. The van der Waals surface area contributed by atoms with Gasteiger partial charge in [-0.3, -0.25) is 0 Å². The van der Waals surface area contributed by atoms with Crippen LogP contribution in [0.25, 0.3) is 0 Å². The summed E-state index contributed by atoms with van der Waals surface area (Å²) >= 11 is 0. The van der Waals surface area contributed by atoms with E-state index in [2.05, 4.69) is 0 Å². The lowest BCUT2D eigenvalue weighted by atomic mass is 9.93. The number of allylic oxidation sites excluding steroid dienone is 4. The molecular weight excluding hydrogens is 165 g/mol. The Balaban J connectivity index is 2.69. The maximum atomic E-state index is 12.2. The van der Waals surface area contributed by atoms with Gasteiger partial charge < -0.3 is 0 Å². The van der Waals surface area contributed by atoms with Crippen LogP contribution >= 0.6 is 0 Å². The van der Waals surface area contributed by atoms with Gasteiger partial charge in [0.15, 0.2) is 0 Å². The first-order valence-corrected chi connectivity index (χ1v) is 3.94. The zero-order chi connectivity index (χ0) is 9.19. The van der Waals surface area contributed by atoms with Crippen LogP contribution in [-0.4, -0.2) is 6.18 Å². The number of alkyl halides is 3. The normalized spacial score (nSPS) is 20.5. The van der Waals surface area contributed by atoms with Gasteiger partial charge in [-0.15, -0.1) is 0 Å². The third-order valence-electron chi connectivity index (χ3n) is 2.09. The molecule has 12 heavy (non-hydrogen) atoms. The summed E-state index contributed by atoms with van der Waals surface area (Å²) in [7, 11) is 0. The van der Waals surface area contributed by atoms with Gasteiger partial charge in [0.25, 0.3) is 0 Å². The zero-order valence-electron chi connectivity index (χ0n) is 6.86. The number of hydrogen-bond donors (Lipinski definition) is 0. The Hall–Kier alpha value is -0.730. The molecule has 3 heteroatoms. The maximum Gasteiger partial charge on any atom is 0.395 e.